The van der Waals surface area contributed by atoms with Gasteiger partial charge in [-0.2, -0.15) is 0 Å². The number of amides is 2. The first-order valence-electron chi connectivity index (χ1n) is 7.11. The Morgan fingerprint density at radius 3 is 2.47 bits per heavy atom. The molecule has 3 N–H and O–H groups in total. The third-order valence-corrected chi connectivity index (χ3v) is 4.32. The molecule has 2 amide bonds. The quantitative estimate of drug-likeness (QED) is 0.853. The zero-order chi connectivity index (χ0) is 13.2. The van der Waals surface area contributed by atoms with Crippen LogP contribution in [-0.2, 0) is 0 Å². The van der Waals surface area contributed by atoms with Gasteiger partial charge >= 0.3 is 6.03 Å². The molecule has 2 fully saturated rings. The van der Waals surface area contributed by atoms with Crippen LogP contribution in [0.4, 0.5) is 4.79 Å². The number of benzene rings is 1. The first-order valence-corrected chi connectivity index (χ1v) is 7.11. The molecule has 102 valence electrons. The average Bonchev–Trinajstić information content (AvgIpc) is 2.83. The highest BCUT2D eigenvalue weighted by atomic mass is 16.2. The van der Waals surface area contributed by atoms with Crippen molar-refractivity contribution < 1.29 is 4.79 Å². The van der Waals surface area contributed by atoms with E-state index in [2.05, 4.69) is 17.4 Å². The third kappa shape index (κ3) is 2.59. The highest BCUT2D eigenvalue weighted by Crippen LogP contribution is 2.28. The summed E-state index contributed by atoms with van der Waals surface area (Å²) in [5.41, 5.74) is 7.12. The lowest BCUT2D eigenvalue weighted by atomic mass is 9.91. The molecule has 1 unspecified atom stereocenters. The molecule has 0 spiro atoms. The largest absolute Gasteiger partial charge is 0.329 e. The number of nitrogens with zero attached hydrogens (tertiary/aromatic N) is 1. The minimum Gasteiger partial charge on any atom is -0.329 e. The molecule has 3 rings (SSSR count). The van der Waals surface area contributed by atoms with Crippen LogP contribution in [0.3, 0.4) is 0 Å². The van der Waals surface area contributed by atoms with Crippen molar-refractivity contribution in [3.63, 3.8) is 0 Å². The van der Waals surface area contributed by atoms with Crippen LogP contribution in [0.5, 0.6) is 0 Å². The SMILES string of the molecule is NC1CCC(N2CC(c3ccccc3)NC2=O)CC1. The van der Waals surface area contributed by atoms with Crippen LogP contribution >= 0.6 is 0 Å². The van der Waals surface area contributed by atoms with Crippen molar-refractivity contribution in [3.8, 4) is 0 Å². The van der Waals surface area contributed by atoms with E-state index in [9.17, 15) is 4.79 Å². The standard InChI is InChI=1S/C15H21N3O/c16-12-6-8-13(9-7-12)18-10-14(17-15(18)19)11-4-2-1-3-5-11/h1-5,12-14H,6-10,16H2,(H,17,19). The molecule has 1 aromatic rings. The fraction of sp³-hybridized carbons (Fsp3) is 0.533. The Labute approximate surface area is 114 Å². The van der Waals surface area contributed by atoms with E-state index in [4.69, 9.17) is 5.73 Å². The predicted molar refractivity (Wildman–Crippen MR) is 74.7 cm³/mol. The zero-order valence-corrected chi connectivity index (χ0v) is 11.1. The van der Waals surface area contributed by atoms with Crippen molar-refractivity contribution >= 4 is 6.03 Å². The van der Waals surface area contributed by atoms with Gasteiger partial charge in [-0.05, 0) is 31.2 Å². The molecule has 1 aromatic carbocycles. The number of carbonyl (C=O) groups is 1. The average molecular weight is 259 g/mol. The second-order valence-electron chi connectivity index (χ2n) is 5.63. The number of nitrogens with two attached hydrogens (primary N) is 1. The summed E-state index contributed by atoms with van der Waals surface area (Å²) in [6.07, 6.45) is 4.14. The maximum absolute atomic E-state index is 12.1. The van der Waals surface area contributed by atoms with Crippen LogP contribution in [-0.4, -0.2) is 29.6 Å². The molecule has 19 heavy (non-hydrogen) atoms. The fourth-order valence-electron chi connectivity index (χ4n) is 3.16. The summed E-state index contributed by atoms with van der Waals surface area (Å²) in [7, 11) is 0. The van der Waals surface area contributed by atoms with E-state index in [1.54, 1.807) is 0 Å². The molecule has 4 nitrogen and oxygen atoms in total. The fourth-order valence-corrected chi connectivity index (χ4v) is 3.16. The molecule has 0 bridgehead atoms. The summed E-state index contributed by atoms with van der Waals surface area (Å²) in [4.78, 5) is 14.1. The summed E-state index contributed by atoms with van der Waals surface area (Å²) in [6.45, 7) is 0.781. The van der Waals surface area contributed by atoms with Gasteiger partial charge in [-0.25, -0.2) is 4.79 Å². The predicted octanol–water partition coefficient (Wildman–Crippen LogP) is 2.02. The number of hydrogen-bond donors (Lipinski definition) is 2. The molecule has 4 heteroatoms. The van der Waals surface area contributed by atoms with Crippen molar-refractivity contribution in [2.24, 2.45) is 5.73 Å². The summed E-state index contributed by atoms with van der Waals surface area (Å²) >= 11 is 0. The summed E-state index contributed by atoms with van der Waals surface area (Å²) < 4.78 is 0. The molecule has 1 aliphatic heterocycles. The van der Waals surface area contributed by atoms with Crippen molar-refractivity contribution in [2.75, 3.05) is 6.54 Å². The van der Waals surface area contributed by atoms with Gasteiger partial charge in [0.05, 0.1) is 6.04 Å². The van der Waals surface area contributed by atoms with Crippen LogP contribution in [0.1, 0.15) is 37.3 Å². The normalized spacial score (nSPS) is 31.3. The highest BCUT2D eigenvalue weighted by molar-refractivity contribution is 5.77. The molecule has 1 saturated heterocycles. The van der Waals surface area contributed by atoms with Gasteiger partial charge in [-0.1, -0.05) is 30.3 Å². The molecule has 0 radical (unpaired) electrons. The van der Waals surface area contributed by atoms with Crippen molar-refractivity contribution in [1.29, 1.82) is 0 Å². The third-order valence-electron chi connectivity index (χ3n) is 4.32. The first kappa shape index (κ1) is 12.5. The monoisotopic (exact) mass is 259 g/mol. The van der Waals surface area contributed by atoms with Crippen molar-refractivity contribution in [2.45, 2.75) is 43.8 Å². The van der Waals surface area contributed by atoms with E-state index >= 15 is 0 Å². The molecule has 0 aromatic heterocycles. The van der Waals surface area contributed by atoms with Gasteiger partial charge in [-0.3, -0.25) is 0 Å². The Balaban J connectivity index is 1.67. The van der Waals surface area contributed by atoms with Gasteiger partial charge in [0.1, 0.15) is 0 Å². The minimum atomic E-state index is 0.0781. The number of urea groups is 1. The number of hydrogen-bond acceptors (Lipinski definition) is 2. The Morgan fingerprint density at radius 2 is 1.79 bits per heavy atom. The van der Waals surface area contributed by atoms with Crippen molar-refractivity contribution in [1.82, 2.24) is 10.2 Å². The van der Waals surface area contributed by atoms with Crippen LogP contribution in [0.2, 0.25) is 0 Å². The lowest BCUT2D eigenvalue weighted by Gasteiger charge is -2.32. The Kier molecular flexibility index (Phi) is 3.42. The maximum atomic E-state index is 12.1. The van der Waals surface area contributed by atoms with Gasteiger partial charge in [0, 0.05) is 18.6 Å². The zero-order valence-electron chi connectivity index (χ0n) is 11.1. The van der Waals surface area contributed by atoms with Gasteiger partial charge in [0.2, 0.25) is 0 Å². The van der Waals surface area contributed by atoms with E-state index in [0.717, 1.165) is 32.2 Å². The second-order valence-corrected chi connectivity index (χ2v) is 5.63. The second kappa shape index (κ2) is 5.21. The van der Waals surface area contributed by atoms with Crippen LogP contribution in [0.25, 0.3) is 0 Å². The summed E-state index contributed by atoms with van der Waals surface area (Å²) in [5.74, 6) is 0. The molecular weight excluding hydrogens is 238 g/mol. The lowest BCUT2D eigenvalue weighted by molar-refractivity contribution is 0.174. The van der Waals surface area contributed by atoms with E-state index in [1.807, 2.05) is 23.1 Å². The van der Waals surface area contributed by atoms with E-state index < -0.39 is 0 Å². The van der Waals surface area contributed by atoms with Crippen LogP contribution < -0.4 is 11.1 Å². The molecule has 1 saturated carbocycles. The summed E-state index contributed by atoms with van der Waals surface area (Å²) in [5, 5.41) is 3.08. The number of carbonyl (C=O) groups excluding carboxylic acids is 1. The molecular formula is C15H21N3O. The maximum Gasteiger partial charge on any atom is 0.318 e. The Morgan fingerprint density at radius 1 is 1.11 bits per heavy atom. The Bertz CT molecular complexity index is 440. The van der Waals surface area contributed by atoms with Gasteiger partial charge in [0.15, 0.2) is 0 Å². The Hall–Kier alpha value is -1.55. The van der Waals surface area contributed by atoms with E-state index in [1.165, 1.54) is 5.56 Å². The van der Waals surface area contributed by atoms with Crippen LogP contribution in [0, 0.1) is 0 Å². The molecule has 2 aliphatic rings. The highest BCUT2D eigenvalue weighted by Gasteiger charge is 2.35. The minimum absolute atomic E-state index is 0.0781. The molecule has 1 heterocycles. The van der Waals surface area contributed by atoms with E-state index in [-0.39, 0.29) is 12.1 Å². The van der Waals surface area contributed by atoms with Crippen molar-refractivity contribution in [3.05, 3.63) is 35.9 Å². The first-order chi connectivity index (χ1) is 9.24. The molecule has 1 atom stereocenters. The molecule has 1 aliphatic carbocycles. The van der Waals surface area contributed by atoms with Crippen LogP contribution in [0.15, 0.2) is 30.3 Å². The van der Waals surface area contributed by atoms with Gasteiger partial charge < -0.3 is 16.0 Å². The topological polar surface area (TPSA) is 58.4 Å². The van der Waals surface area contributed by atoms with Gasteiger partial charge in [-0.15, -0.1) is 0 Å². The summed E-state index contributed by atoms with van der Waals surface area (Å²) in [6, 6.07) is 11.1. The van der Waals surface area contributed by atoms with E-state index in [0.29, 0.717) is 12.1 Å². The number of rotatable bonds is 2. The smallest absolute Gasteiger partial charge is 0.318 e. The lowest BCUT2D eigenvalue weighted by Crippen LogP contribution is -2.42. The van der Waals surface area contributed by atoms with Gasteiger partial charge in [0.25, 0.3) is 0 Å². The number of nitrogens with one attached hydrogen (secondary N) is 1.